The van der Waals surface area contributed by atoms with Crippen molar-refractivity contribution in [2.45, 2.75) is 40.2 Å². The number of aliphatic carboxylic acids is 1. The van der Waals surface area contributed by atoms with Gasteiger partial charge in [0.2, 0.25) is 0 Å². The molecule has 2 aromatic carbocycles. The summed E-state index contributed by atoms with van der Waals surface area (Å²) in [6.07, 6.45) is 0.598. The molecular weight excluding hydrogens is 468 g/mol. The van der Waals surface area contributed by atoms with Crippen LogP contribution in [0, 0.1) is 5.92 Å². The molecule has 0 radical (unpaired) electrons. The number of alkyl halides is 2. The first kappa shape index (κ1) is 25.4. The highest BCUT2D eigenvalue weighted by molar-refractivity contribution is 6.35. The molecule has 0 aliphatic heterocycles. The molecule has 0 atom stereocenters. The van der Waals surface area contributed by atoms with Crippen LogP contribution in [0.5, 0.6) is 11.5 Å². The number of benzene rings is 2. The minimum absolute atomic E-state index is 0.00440. The number of aromatic nitrogens is 1. The number of carboxylic acids is 1. The molecule has 0 unspecified atom stereocenters. The van der Waals surface area contributed by atoms with E-state index in [2.05, 4.69) is 4.98 Å². The second-order valence-corrected chi connectivity index (χ2v) is 8.35. The fourth-order valence-corrected chi connectivity index (χ4v) is 3.84. The maximum atomic E-state index is 13.5. The number of nitrogens with zero attached hydrogens (tertiary/aromatic N) is 1. The second-order valence-electron chi connectivity index (χ2n) is 7.94. The molecule has 0 aliphatic carbocycles. The molecule has 1 heterocycles. The highest BCUT2D eigenvalue weighted by Gasteiger charge is 2.24. The zero-order valence-electron chi connectivity index (χ0n) is 18.9. The molecule has 34 heavy (non-hydrogen) atoms. The van der Waals surface area contributed by atoms with Gasteiger partial charge in [0.15, 0.2) is 12.4 Å². The van der Waals surface area contributed by atoms with Crippen molar-refractivity contribution in [2.24, 2.45) is 5.92 Å². The highest BCUT2D eigenvalue weighted by Crippen LogP contribution is 2.42. The summed E-state index contributed by atoms with van der Waals surface area (Å²) in [5.74, 6) is -1.52. The number of carbonyl (C=O) groups is 2. The maximum absolute atomic E-state index is 13.5. The smallest absolute Gasteiger partial charge is 0.387 e. The van der Waals surface area contributed by atoms with E-state index in [0.29, 0.717) is 23.2 Å². The number of Topliss-reactive ketones (excluding diaryl/α,β-unsaturated/α-hetero) is 1. The van der Waals surface area contributed by atoms with E-state index in [1.54, 1.807) is 24.3 Å². The van der Waals surface area contributed by atoms with Crippen LogP contribution in [0.15, 0.2) is 36.4 Å². The van der Waals surface area contributed by atoms with Crippen LogP contribution in [0.2, 0.25) is 5.02 Å². The van der Waals surface area contributed by atoms with Crippen LogP contribution in [0.1, 0.15) is 48.0 Å². The zero-order valence-corrected chi connectivity index (χ0v) is 19.7. The second kappa shape index (κ2) is 10.8. The number of aryl methyl sites for hydroxylation is 1. The van der Waals surface area contributed by atoms with Crippen LogP contribution in [0.3, 0.4) is 0 Å². The lowest BCUT2D eigenvalue weighted by Crippen LogP contribution is -2.12. The summed E-state index contributed by atoms with van der Waals surface area (Å²) < 4.78 is 37.3. The maximum Gasteiger partial charge on any atom is 0.387 e. The Balaban J connectivity index is 2.18. The summed E-state index contributed by atoms with van der Waals surface area (Å²) in [7, 11) is 0. The molecule has 0 saturated heterocycles. The molecule has 1 aromatic heterocycles. The molecule has 0 fully saturated rings. The van der Waals surface area contributed by atoms with E-state index in [-0.39, 0.29) is 45.5 Å². The third-order valence-corrected chi connectivity index (χ3v) is 5.53. The van der Waals surface area contributed by atoms with Crippen LogP contribution in [-0.4, -0.2) is 35.1 Å². The molecule has 180 valence electrons. The first-order valence-corrected chi connectivity index (χ1v) is 11.1. The van der Waals surface area contributed by atoms with Crippen LogP contribution in [0.4, 0.5) is 8.78 Å². The highest BCUT2D eigenvalue weighted by atomic mass is 35.5. The van der Waals surface area contributed by atoms with Gasteiger partial charge in [0.1, 0.15) is 11.5 Å². The molecule has 0 saturated carbocycles. The van der Waals surface area contributed by atoms with Gasteiger partial charge in [-0.3, -0.25) is 9.78 Å². The first-order chi connectivity index (χ1) is 16.1. The molecule has 1 N–H and O–H groups in total. The predicted octanol–water partition coefficient (Wildman–Crippen LogP) is 5.94. The summed E-state index contributed by atoms with van der Waals surface area (Å²) in [6, 6.07) is 9.77. The number of ether oxygens (including phenoxy) is 2. The number of pyridine rings is 1. The molecule has 0 bridgehead atoms. The molecule has 0 spiro atoms. The third-order valence-electron chi connectivity index (χ3n) is 5.22. The average Bonchev–Trinajstić information content (AvgIpc) is 2.79. The van der Waals surface area contributed by atoms with Crippen molar-refractivity contribution in [3.63, 3.8) is 0 Å². The lowest BCUT2D eigenvalue weighted by atomic mass is 9.95. The number of rotatable bonds is 10. The van der Waals surface area contributed by atoms with Gasteiger partial charge in [-0.15, -0.1) is 0 Å². The Kier molecular flexibility index (Phi) is 8.04. The van der Waals surface area contributed by atoms with Crippen molar-refractivity contribution in [3.05, 3.63) is 63.8 Å². The van der Waals surface area contributed by atoms with Gasteiger partial charge < -0.3 is 14.6 Å². The minimum Gasteiger partial charge on any atom is -0.481 e. The zero-order chi connectivity index (χ0) is 25.0. The molecular formula is C25H24ClF2NO5. The largest absolute Gasteiger partial charge is 0.481 e. The van der Waals surface area contributed by atoms with Crippen molar-refractivity contribution in [1.29, 1.82) is 0 Å². The normalized spacial score (nSPS) is 11.3. The molecule has 6 nitrogen and oxygen atoms in total. The van der Waals surface area contributed by atoms with Crippen LogP contribution >= 0.6 is 11.6 Å². The Morgan fingerprint density at radius 3 is 2.35 bits per heavy atom. The monoisotopic (exact) mass is 491 g/mol. The Morgan fingerprint density at radius 1 is 1.12 bits per heavy atom. The topological polar surface area (TPSA) is 85.7 Å². The van der Waals surface area contributed by atoms with Crippen molar-refractivity contribution >= 4 is 34.3 Å². The number of ketones is 1. The summed E-state index contributed by atoms with van der Waals surface area (Å²) in [5, 5.41) is 9.27. The van der Waals surface area contributed by atoms with Gasteiger partial charge >= 0.3 is 12.6 Å². The van der Waals surface area contributed by atoms with Gasteiger partial charge in [0.25, 0.3) is 0 Å². The van der Waals surface area contributed by atoms with E-state index in [1.165, 1.54) is 12.1 Å². The fourth-order valence-electron chi connectivity index (χ4n) is 3.64. The fraction of sp³-hybridized carbons (Fsp3) is 0.320. The third kappa shape index (κ3) is 5.62. The van der Waals surface area contributed by atoms with Crippen molar-refractivity contribution < 1.29 is 33.0 Å². The van der Waals surface area contributed by atoms with E-state index in [9.17, 15) is 18.4 Å². The van der Waals surface area contributed by atoms with Crippen molar-refractivity contribution in [1.82, 2.24) is 4.98 Å². The van der Waals surface area contributed by atoms with Gasteiger partial charge in [-0.25, -0.2) is 4.79 Å². The number of hydrogen-bond donors (Lipinski definition) is 1. The van der Waals surface area contributed by atoms with E-state index >= 15 is 0 Å². The standard InChI is InChI=1S/C25H24ClF2NO5/c1-4-18-16(11-14-5-7-15(8-6-14)23(32)13(2)3)24(34-25(27)28)21-19(33-12-20(30)31)10-9-17(26)22(21)29-18/h5-10,13,25H,4,11-12H2,1-3H3,(H,30,31). The van der Waals surface area contributed by atoms with Gasteiger partial charge in [0, 0.05) is 29.2 Å². The molecule has 0 amide bonds. The number of halogens is 3. The van der Waals surface area contributed by atoms with Crippen LogP contribution in [-0.2, 0) is 17.6 Å². The van der Waals surface area contributed by atoms with Crippen molar-refractivity contribution in [3.8, 4) is 11.5 Å². The Morgan fingerprint density at radius 2 is 1.79 bits per heavy atom. The first-order valence-electron chi connectivity index (χ1n) is 10.7. The van der Waals surface area contributed by atoms with Gasteiger partial charge in [-0.05, 0) is 24.1 Å². The van der Waals surface area contributed by atoms with E-state index in [1.807, 2.05) is 20.8 Å². The van der Waals surface area contributed by atoms with Gasteiger partial charge in [-0.2, -0.15) is 8.78 Å². The summed E-state index contributed by atoms with van der Waals surface area (Å²) in [5.41, 5.74) is 2.40. The predicted molar refractivity (Wildman–Crippen MR) is 124 cm³/mol. The average molecular weight is 492 g/mol. The Bertz CT molecular complexity index is 1210. The van der Waals surface area contributed by atoms with E-state index < -0.39 is 19.2 Å². The van der Waals surface area contributed by atoms with Gasteiger partial charge in [-0.1, -0.05) is 56.6 Å². The number of carbonyl (C=O) groups excluding carboxylic acids is 1. The Labute approximate surface area is 200 Å². The minimum atomic E-state index is -3.15. The summed E-state index contributed by atoms with van der Waals surface area (Å²) in [6.45, 7) is 1.63. The lowest BCUT2D eigenvalue weighted by Gasteiger charge is -2.19. The van der Waals surface area contributed by atoms with Crippen molar-refractivity contribution in [2.75, 3.05) is 6.61 Å². The lowest BCUT2D eigenvalue weighted by molar-refractivity contribution is -0.139. The molecule has 9 heteroatoms. The summed E-state index contributed by atoms with van der Waals surface area (Å²) >= 11 is 6.30. The molecule has 0 aliphatic rings. The quantitative estimate of drug-likeness (QED) is 0.353. The van der Waals surface area contributed by atoms with E-state index in [4.69, 9.17) is 26.2 Å². The molecule has 3 aromatic rings. The number of fused-ring (bicyclic) bond motifs is 1. The van der Waals surface area contributed by atoms with Gasteiger partial charge in [0.05, 0.1) is 15.9 Å². The molecule has 3 rings (SSSR count). The van der Waals surface area contributed by atoms with E-state index in [0.717, 1.165) is 5.56 Å². The number of carboxylic acid groups (broad SMARTS) is 1. The van der Waals surface area contributed by atoms with Crippen LogP contribution < -0.4 is 9.47 Å². The summed E-state index contributed by atoms with van der Waals surface area (Å²) in [4.78, 5) is 27.8. The Hall–Kier alpha value is -3.26. The SMILES string of the molecule is CCc1nc2c(Cl)ccc(OCC(=O)O)c2c(OC(F)F)c1Cc1ccc(C(=O)C(C)C)cc1. The number of hydrogen-bond acceptors (Lipinski definition) is 5. The van der Waals surface area contributed by atoms with Crippen LogP contribution in [0.25, 0.3) is 10.9 Å².